The average molecular weight is 212 g/mol. The lowest BCUT2D eigenvalue weighted by molar-refractivity contribution is -0.121. The first kappa shape index (κ1) is 12.5. The number of nitrogens with one attached hydrogen (secondary N) is 2. The molecule has 3 nitrogen and oxygen atoms in total. The van der Waals surface area contributed by atoms with E-state index in [2.05, 4.69) is 24.5 Å². The number of carbonyl (C=O) groups excluding carboxylic acids is 1. The van der Waals surface area contributed by atoms with E-state index in [1.165, 1.54) is 12.8 Å². The summed E-state index contributed by atoms with van der Waals surface area (Å²) in [4.78, 5) is 11.4. The Morgan fingerprint density at radius 1 is 1.53 bits per heavy atom. The van der Waals surface area contributed by atoms with Crippen LogP contribution >= 0.6 is 0 Å². The second kappa shape index (κ2) is 6.83. The highest BCUT2D eigenvalue weighted by atomic mass is 16.1. The van der Waals surface area contributed by atoms with Crippen LogP contribution in [0, 0.1) is 0 Å². The summed E-state index contributed by atoms with van der Waals surface area (Å²) < 4.78 is 0. The molecular formula is C12H24N2O. The van der Waals surface area contributed by atoms with Crippen LogP contribution in [-0.2, 0) is 4.79 Å². The molecule has 0 aromatic rings. The predicted octanol–water partition coefficient (Wildman–Crippen LogP) is 1.82. The molecule has 1 saturated heterocycles. The van der Waals surface area contributed by atoms with Gasteiger partial charge in [0.05, 0.1) is 0 Å². The van der Waals surface area contributed by atoms with Gasteiger partial charge in [0.25, 0.3) is 0 Å². The maximum absolute atomic E-state index is 11.4. The molecule has 3 heteroatoms. The Morgan fingerprint density at radius 2 is 2.33 bits per heavy atom. The molecule has 0 saturated carbocycles. The van der Waals surface area contributed by atoms with Crippen LogP contribution in [0.3, 0.4) is 0 Å². The molecule has 0 radical (unpaired) electrons. The summed E-state index contributed by atoms with van der Waals surface area (Å²) in [5.74, 6) is 0.205. The van der Waals surface area contributed by atoms with E-state index in [1.54, 1.807) is 0 Å². The number of carbonyl (C=O) groups is 1. The Balaban J connectivity index is 2.36. The van der Waals surface area contributed by atoms with Gasteiger partial charge in [0.15, 0.2) is 0 Å². The Labute approximate surface area is 93.0 Å². The lowest BCUT2D eigenvalue weighted by Crippen LogP contribution is -2.39. The minimum atomic E-state index is 0.205. The van der Waals surface area contributed by atoms with Gasteiger partial charge in [-0.1, -0.05) is 20.3 Å². The van der Waals surface area contributed by atoms with E-state index in [1.807, 2.05) is 0 Å². The van der Waals surface area contributed by atoms with Crippen molar-refractivity contribution in [2.75, 3.05) is 6.54 Å². The van der Waals surface area contributed by atoms with Crippen molar-refractivity contribution in [3.63, 3.8) is 0 Å². The van der Waals surface area contributed by atoms with Gasteiger partial charge in [0, 0.05) is 25.0 Å². The van der Waals surface area contributed by atoms with Gasteiger partial charge in [0.2, 0.25) is 5.91 Å². The largest absolute Gasteiger partial charge is 0.356 e. The van der Waals surface area contributed by atoms with Gasteiger partial charge in [-0.25, -0.2) is 0 Å². The monoisotopic (exact) mass is 212 g/mol. The maximum atomic E-state index is 11.4. The smallest absolute Gasteiger partial charge is 0.221 e. The van der Waals surface area contributed by atoms with Crippen molar-refractivity contribution in [3.05, 3.63) is 0 Å². The highest BCUT2D eigenvalue weighted by molar-refractivity contribution is 5.76. The summed E-state index contributed by atoms with van der Waals surface area (Å²) in [5.41, 5.74) is 0. The van der Waals surface area contributed by atoms with Crippen LogP contribution in [0.5, 0.6) is 0 Å². The number of rotatable bonds is 5. The fourth-order valence-electron chi connectivity index (χ4n) is 2.20. The standard InChI is InChI=1S/C12H24N2O/c1-3-6-10(4-2)14-11-7-5-8-13-12(15)9-11/h10-11,14H,3-9H2,1-2H3,(H,13,15). The van der Waals surface area contributed by atoms with Gasteiger partial charge >= 0.3 is 0 Å². The Morgan fingerprint density at radius 3 is 3.00 bits per heavy atom. The first-order chi connectivity index (χ1) is 7.26. The van der Waals surface area contributed by atoms with Crippen molar-refractivity contribution in [2.45, 2.75) is 64.5 Å². The van der Waals surface area contributed by atoms with Crippen LogP contribution in [0.4, 0.5) is 0 Å². The van der Waals surface area contributed by atoms with Crippen molar-refractivity contribution in [2.24, 2.45) is 0 Å². The van der Waals surface area contributed by atoms with Gasteiger partial charge in [-0.15, -0.1) is 0 Å². The molecule has 0 aliphatic carbocycles. The maximum Gasteiger partial charge on any atom is 0.221 e. The zero-order valence-electron chi connectivity index (χ0n) is 10.0. The molecule has 2 N–H and O–H groups in total. The number of hydrogen-bond acceptors (Lipinski definition) is 2. The van der Waals surface area contributed by atoms with E-state index in [4.69, 9.17) is 0 Å². The van der Waals surface area contributed by atoms with Gasteiger partial charge in [-0.3, -0.25) is 4.79 Å². The van der Waals surface area contributed by atoms with Crippen LogP contribution in [-0.4, -0.2) is 24.5 Å². The molecule has 0 spiro atoms. The van der Waals surface area contributed by atoms with Gasteiger partial charge in [0.1, 0.15) is 0 Å². The summed E-state index contributed by atoms with van der Waals surface area (Å²) in [5, 5.41) is 6.53. The first-order valence-corrected chi connectivity index (χ1v) is 6.29. The molecule has 1 aliphatic heterocycles. The molecule has 15 heavy (non-hydrogen) atoms. The van der Waals surface area contributed by atoms with Gasteiger partial charge < -0.3 is 10.6 Å². The fraction of sp³-hybridized carbons (Fsp3) is 0.917. The second-order valence-corrected chi connectivity index (χ2v) is 4.45. The van der Waals surface area contributed by atoms with Crippen molar-refractivity contribution >= 4 is 5.91 Å². The third kappa shape index (κ3) is 4.65. The van der Waals surface area contributed by atoms with E-state index < -0.39 is 0 Å². The predicted molar refractivity (Wildman–Crippen MR) is 62.8 cm³/mol. The van der Waals surface area contributed by atoms with Crippen molar-refractivity contribution < 1.29 is 4.79 Å². The molecule has 2 unspecified atom stereocenters. The van der Waals surface area contributed by atoms with Crippen molar-refractivity contribution in [3.8, 4) is 0 Å². The molecule has 1 heterocycles. The molecule has 1 rings (SSSR count). The summed E-state index contributed by atoms with van der Waals surface area (Å²) in [6.07, 6.45) is 6.47. The zero-order valence-corrected chi connectivity index (χ0v) is 10.0. The van der Waals surface area contributed by atoms with Crippen LogP contribution in [0.1, 0.15) is 52.4 Å². The lowest BCUT2D eigenvalue weighted by atomic mass is 10.0. The topological polar surface area (TPSA) is 41.1 Å². The minimum Gasteiger partial charge on any atom is -0.356 e. The highest BCUT2D eigenvalue weighted by Gasteiger charge is 2.19. The molecule has 2 atom stereocenters. The molecular weight excluding hydrogens is 188 g/mol. The Bertz CT molecular complexity index is 194. The number of amides is 1. The molecule has 0 bridgehead atoms. The van der Waals surface area contributed by atoms with Crippen LogP contribution in [0.15, 0.2) is 0 Å². The van der Waals surface area contributed by atoms with E-state index in [0.717, 1.165) is 25.8 Å². The lowest BCUT2D eigenvalue weighted by Gasteiger charge is -2.23. The summed E-state index contributed by atoms with van der Waals surface area (Å²) in [7, 11) is 0. The molecule has 88 valence electrons. The quantitative estimate of drug-likeness (QED) is 0.730. The van der Waals surface area contributed by atoms with Crippen LogP contribution in [0.25, 0.3) is 0 Å². The first-order valence-electron chi connectivity index (χ1n) is 6.29. The Hall–Kier alpha value is -0.570. The van der Waals surface area contributed by atoms with Crippen LogP contribution < -0.4 is 10.6 Å². The van der Waals surface area contributed by atoms with E-state index >= 15 is 0 Å². The molecule has 0 aromatic carbocycles. The van der Waals surface area contributed by atoms with Gasteiger partial charge in [-0.2, -0.15) is 0 Å². The number of hydrogen-bond donors (Lipinski definition) is 2. The third-order valence-electron chi connectivity index (χ3n) is 3.08. The van der Waals surface area contributed by atoms with Crippen molar-refractivity contribution in [1.82, 2.24) is 10.6 Å². The Kier molecular flexibility index (Phi) is 5.69. The van der Waals surface area contributed by atoms with Gasteiger partial charge in [-0.05, 0) is 25.7 Å². The molecule has 1 amide bonds. The van der Waals surface area contributed by atoms with Crippen molar-refractivity contribution in [1.29, 1.82) is 0 Å². The SMILES string of the molecule is CCCC(CC)NC1CCCNC(=O)C1. The summed E-state index contributed by atoms with van der Waals surface area (Å²) >= 11 is 0. The summed E-state index contributed by atoms with van der Waals surface area (Å²) in [6.45, 7) is 5.27. The van der Waals surface area contributed by atoms with E-state index in [-0.39, 0.29) is 5.91 Å². The molecule has 1 aliphatic rings. The highest BCUT2D eigenvalue weighted by Crippen LogP contribution is 2.10. The molecule has 1 fully saturated rings. The molecule has 0 aromatic heterocycles. The fourth-order valence-corrected chi connectivity index (χ4v) is 2.20. The second-order valence-electron chi connectivity index (χ2n) is 4.45. The van der Waals surface area contributed by atoms with E-state index in [9.17, 15) is 4.79 Å². The summed E-state index contributed by atoms with van der Waals surface area (Å²) in [6, 6.07) is 0.981. The van der Waals surface area contributed by atoms with Crippen LogP contribution in [0.2, 0.25) is 0 Å². The minimum absolute atomic E-state index is 0.205. The normalized spacial score (nSPS) is 24.4. The average Bonchev–Trinajstić information content (AvgIpc) is 2.42. The van der Waals surface area contributed by atoms with E-state index in [0.29, 0.717) is 18.5 Å². The zero-order chi connectivity index (χ0) is 11.1. The third-order valence-corrected chi connectivity index (χ3v) is 3.08.